The van der Waals surface area contributed by atoms with Crippen LogP contribution in [-0.2, 0) is 11.3 Å². The van der Waals surface area contributed by atoms with E-state index in [1.807, 2.05) is 62.4 Å². The number of nitrogens with zero attached hydrogens (tertiary/aromatic N) is 2. The lowest BCUT2D eigenvalue weighted by Crippen LogP contribution is -2.24. The molecule has 5 nitrogen and oxygen atoms in total. The first kappa shape index (κ1) is 18.4. The minimum Gasteiger partial charge on any atom is -0.351 e. The fourth-order valence-electron chi connectivity index (χ4n) is 2.35. The van der Waals surface area contributed by atoms with Gasteiger partial charge in [0, 0.05) is 12.2 Å². The monoisotopic (exact) mass is 384 g/mol. The number of benzene rings is 2. The number of hydrogen-bond donors (Lipinski definition) is 2. The summed E-state index contributed by atoms with van der Waals surface area (Å²) in [6, 6.07) is 16.1. The summed E-state index contributed by atoms with van der Waals surface area (Å²) in [5.74, 6) is 0.312. The second kappa shape index (κ2) is 8.82. The number of carbonyl (C=O) groups is 1. The van der Waals surface area contributed by atoms with Gasteiger partial charge in [-0.25, -0.2) is 0 Å². The van der Waals surface area contributed by atoms with Gasteiger partial charge < -0.3 is 10.6 Å². The Morgan fingerprint density at radius 2 is 1.96 bits per heavy atom. The molecule has 26 heavy (non-hydrogen) atoms. The summed E-state index contributed by atoms with van der Waals surface area (Å²) in [5.41, 5.74) is 4.47. The maximum absolute atomic E-state index is 12.0. The highest BCUT2D eigenvalue weighted by molar-refractivity contribution is 8.01. The zero-order valence-electron chi connectivity index (χ0n) is 14.7. The number of aromatic nitrogens is 2. The summed E-state index contributed by atoms with van der Waals surface area (Å²) in [7, 11) is 0. The van der Waals surface area contributed by atoms with Crippen LogP contribution in [-0.4, -0.2) is 21.9 Å². The van der Waals surface area contributed by atoms with Gasteiger partial charge in [0.1, 0.15) is 0 Å². The molecule has 1 heterocycles. The smallest absolute Gasteiger partial charge is 0.230 e. The molecule has 2 N–H and O–H groups in total. The standard InChI is InChI=1S/C19H20N4OS2/c1-13-6-5-9-16(10-13)21-18-22-23-19(26-18)25-12-17(24)20-11-15-8-4-3-7-14(15)2/h3-10H,11-12H2,1-2H3,(H,20,24)(H,21,22). The van der Waals surface area contributed by atoms with Crippen molar-refractivity contribution >= 4 is 39.8 Å². The molecule has 2 aromatic carbocycles. The molecule has 0 spiro atoms. The predicted molar refractivity (Wildman–Crippen MR) is 108 cm³/mol. The van der Waals surface area contributed by atoms with Gasteiger partial charge in [-0.1, -0.05) is 59.5 Å². The van der Waals surface area contributed by atoms with Gasteiger partial charge in [-0.3, -0.25) is 4.79 Å². The Balaban J connectivity index is 1.47. The molecule has 0 bridgehead atoms. The SMILES string of the molecule is Cc1cccc(Nc2nnc(SCC(=O)NCc3ccccc3C)s2)c1. The third-order valence-corrected chi connectivity index (χ3v) is 5.71. The van der Waals surface area contributed by atoms with E-state index in [0.29, 0.717) is 12.3 Å². The zero-order valence-corrected chi connectivity index (χ0v) is 16.3. The second-order valence-corrected chi connectivity index (χ2v) is 8.06. The zero-order chi connectivity index (χ0) is 18.4. The normalized spacial score (nSPS) is 10.5. The Morgan fingerprint density at radius 1 is 1.12 bits per heavy atom. The Morgan fingerprint density at radius 3 is 2.77 bits per heavy atom. The highest BCUT2D eigenvalue weighted by atomic mass is 32.2. The first-order valence-corrected chi connectivity index (χ1v) is 10.0. The topological polar surface area (TPSA) is 66.9 Å². The van der Waals surface area contributed by atoms with Crippen molar-refractivity contribution < 1.29 is 4.79 Å². The number of rotatable bonds is 7. The van der Waals surface area contributed by atoms with Crippen LogP contribution in [0.1, 0.15) is 16.7 Å². The van der Waals surface area contributed by atoms with E-state index >= 15 is 0 Å². The van der Waals surface area contributed by atoms with Crippen LogP contribution in [0.3, 0.4) is 0 Å². The third kappa shape index (κ3) is 5.31. The summed E-state index contributed by atoms with van der Waals surface area (Å²) >= 11 is 2.84. The fraction of sp³-hybridized carbons (Fsp3) is 0.211. The number of nitrogens with one attached hydrogen (secondary N) is 2. The van der Waals surface area contributed by atoms with E-state index in [-0.39, 0.29) is 5.91 Å². The number of thioether (sulfide) groups is 1. The minimum absolute atomic E-state index is 0.0124. The molecule has 0 saturated carbocycles. The van der Waals surface area contributed by atoms with Gasteiger partial charge in [-0.2, -0.15) is 0 Å². The van der Waals surface area contributed by atoms with E-state index in [1.165, 1.54) is 34.2 Å². The molecule has 1 amide bonds. The molecule has 0 saturated heterocycles. The van der Waals surface area contributed by atoms with Crippen molar-refractivity contribution in [3.05, 3.63) is 65.2 Å². The van der Waals surface area contributed by atoms with Gasteiger partial charge in [-0.15, -0.1) is 10.2 Å². The first-order valence-electron chi connectivity index (χ1n) is 8.21. The van der Waals surface area contributed by atoms with Gasteiger partial charge in [0.15, 0.2) is 4.34 Å². The van der Waals surface area contributed by atoms with Gasteiger partial charge in [0.25, 0.3) is 0 Å². The Hall–Kier alpha value is -2.38. The summed E-state index contributed by atoms with van der Waals surface area (Å²) < 4.78 is 0.770. The van der Waals surface area contributed by atoms with E-state index in [4.69, 9.17) is 0 Å². The maximum Gasteiger partial charge on any atom is 0.230 e. The van der Waals surface area contributed by atoms with Crippen molar-refractivity contribution in [3.63, 3.8) is 0 Å². The summed E-state index contributed by atoms with van der Waals surface area (Å²) in [4.78, 5) is 12.0. The molecule has 0 atom stereocenters. The van der Waals surface area contributed by atoms with Crippen LogP contribution in [0.5, 0.6) is 0 Å². The third-order valence-electron chi connectivity index (χ3n) is 3.74. The van der Waals surface area contributed by atoms with Crippen molar-refractivity contribution in [2.45, 2.75) is 24.7 Å². The number of anilines is 2. The van der Waals surface area contributed by atoms with Crippen LogP contribution in [0.25, 0.3) is 0 Å². The van der Waals surface area contributed by atoms with Crippen molar-refractivity contribution in [3.8, 4) is 0 Å². The van der Waals surface area contributed by atoms with Crippen LogP contribution >= 0.6 is 23.1 Å². The van der Waals surface area contributed by atoms with Crippen molar-refractivity contribution in [2.24, 2.45) is 0 Å². The van der Waals surface area contributed by atoms with Crippen molar-refractivity contribution in [2.75, 3.05) is 11.1 Å². The number of amides is 1. The summed E-state index contributed by atoms with van der Waals surface area (Å²) in [6.07, 6.45) is 0. The molecular weight excluding hydrogens is 364 g/mol. The minimum atomic E-state index is -0.0124. The highest BCUT2D eigenvalue weighted by Gasteiger charge is 2.09. The maximum atomic E-state index is 12.0. The van der Waals surface area contributed by atoms with Crippen LogP contribution in [0.4, 0.5) is 10.8 Å². The molecule has 7 heteroatoms. The molecule has 134 valence electrons. The quantitative estimate of drug-likeness (QED) is 0.594. The fourth-order valence-corrected chi connectivity index (χ4v) is 3.95. The molecule has 3 rings (SSSR count). The average Bonchev–Trinajstić information content (AvgIpc) is 3.07. The molecule has 0 fully saturated rings. The largest absolute Gasteiger partial charge is 0.351 e. The lowest BCUT2D eigenvalue weighted by atomic mass is 10.1. The summed E-state index contributed by atoms with van der Waals surface area (Å²) in [5, 5.41) is 15.2. The van der Waals surface area contributed by atoms with Crippen molar-refractivity contribution in [1.29, 1.82) is 0 Å². The molecule has 0 unspecified atom stereocenters. The van der Waals surface area contributed by atoms with Gasteiger partial charge in [0.2, 0.25) is 11.0 Å². The Bertz CT molecular complexity index is 895. The van der Waals surface area contributed by atoms with E-state index in [2.05, 4.69) is 20.8 Å². The van der Waals surface area contributed by atoms with Crippen LogP contribution in [0.2, 0.25) is 0 Å². The second-order valence-electron chi connectivity index (χ2n) is 5.86. The molecular formula is C19H20N4OS2. The van der Waals surface area contributed by atoms with Crippen LogP contribution < -0.4 is 10.6 Å². The van der Waals surface area contributed by atoms with E-state index in [1.54, 1.807) is 0 Å². The molecule has 0 aliphatic rings. The number of hydrogen-bond acceptors (Lipinski definition) is 6. The van der Waals surface area contributed by atoms with Crippen molar-refractivity contribution in [1.82, 2.24) is 15.5 Å². The van der Waals surface area contributed by atoms with Gasteiger partial charge >= 0.3 is 0 Å². The molecule has 3 aromatic rings. The Labute approximate surface area is 161 Å². The predicted octanol–water partition coefficient (Wildman–Crippen LogP) is 4.31. The van der Waals surface area contributed by atoms with Gasteiger partial charge in [0.05, 0.1) is 5.75 Å². The lowest BCUT2D eigenvalue weighted by Gasteiger charge is -2.07. The van der Waals surface area contributed by atoms with E-state index < -0.39 is 0 Å². The van der Waals surface area contributed by atoms with Crippen LogP contribution in [0, 0.1) is 13.8 Å². The molecule has 0 aliphatic heterocycles. The van der Waals surface area contributed by atoms with Gasteiger partial charge in [-0.05, 0) is 42.7 Å². The van der Waals surface area contributed by atoms with Crippen LogP contribution in [0.15, 0.2) is 52.9 Å². The average molecular weight is 385 g/mol. The first-order chi connectivity index (χ1) is 12.6. The molecule has 1 aromatic heterocycles. The summed E-state index contributed by atoms with van der Waals surface area (Å²) in [6.45, 7) is 4.63. The Kier molecular flexibility index (Phi) is 6.25. The number of carbonyl (C=O) groups excluding carboxylic acids is 1. The molecule has 0 radical (unpaired) electrons. The lowest BCUT2D eigenvalue weighted by molar-refractivity contribution is -0.118. The van der Waals surface area contributed by atoms with E-state index in [0.717, 1.165) is 20.7 Å². The molecule has 0 aliphatic carbocycles. The highest BCUT2D eigenvalue weighted by Crippen LogP contribution is 2.27. The van der Waals surface area contributed by atoms with E-state index in [9.17, 15) is 4.79 Å². The number of aryl methyl sites for hydroxylation is 2.